The average Bonchev–Trinajstić information content (AvgIpc) is 3.78. The summed E-state index contributed by atoms with van der Waals surface area (Å²) in [6.07, 6.45) is 0.513. The predicted octanol–water partition coefficient (Wildman–Crippen LogP) is 14.1. The summed E-state index contributed by atoms with van der Waals surface area (Å²) in [7, 11) is 0. The third-order valence-corrected chi connectivity index (χ3v) is 12.5. The van der Waals surface area contributed by atoms with Gasteiger partial charge in [0.1, 0.15) is 17.0 Å². The quantitative estimate of drug-likeness (QED) is 0.164. The number of furan rings is 1. The highest BCUT2D eigenvalue weighted by Crippen LogP contribution is 2.51. The van der Waals surface area contributed by atoms with Gasteiger partial charge in [-0.2, -0.15) is 0 Å². The van der Waals surface area contributed by atoms with E-state index in [2.05, 4.69) is 172 Å². The highest BCUT2D eigenvalue weighted by atomic mass is 16.3. The molecule has 0 N–H and O–H groups in total. The lowest BCUT2D eigenvalue weighted by molar-refractivity contribution is 0.661. The van der Waals surface area contributed by atoms with Gasteiger partial charge >= 0.3 is 0 Å². The standard InChI is InChI=1S/C55H37N3O/c1-55(2)47-24-11-10-21-42(47)43-22-13-23-44(52(43)55)54-57-50(56-53(58-54)33-14-4-3-5-15-33)32-36-16-12-25-49-51(36)46-31-35(27-29-48(46)59-49)34-26-28-41-39-19-7-6-17-37(39)38-18-8-9-20-40(38)45(41)30-34/h3-31H,32H2,1-2H3. The van der Waals surface area contributed by atoms with Gasteiger partial charge in [-0.25, -0.2) is 15.0 Å². The molecule has 0 fully saturated rings. The number of fused-ring (bicyclic) bond motifs is 12. The van der Waals surface area contributed by atoms with Gasteiger partial charge in [-0.3, -0.25) is 0 Å². The van der Waals surface area contributed by atoms with Crippen LogP contribution in [0.1, 0.15) is 36.4 Å². The Morgan fingerprint density at radius 3 is 1.80 bits per heavy atom. The van der Waals surface area contributed by atoms with E-state index < -0.39 is 0 Å². The molecule has 0 spiro atoms. The van der Waals surface area contributed by atoms with Crippen molar-refractivity contribution in [1.29, 1.82) is 0 Å². The van der Waals surface area contributed by atoms with E-state index in [1.165, 1.54) is 60.1 Å². The zero-order valence-corrected chi connectivity index (χ0v) is 32.7. The zero-order chi connectivity index (χ0) is 39.2. The van der Waals surface area contributed by atoms with Gasteiger partial charge in [0.2, 0.25) is 0 Å². The van der Waals surface area contributed by atoms with Crippen LogP contribution in [0.4, 0.5) is 0 Å². The Morgan fingerprint density at radius 1 is 0.424 bits per heavy atom. The van der Waals surface area contributed by atoms with Crippen molar-refractivity contribution < 1.29 is 4.42 Å². The maximum absolute atomic E-state index is 6.53. The largest absolute Gasteiger partial charge is 0.456 e. The molecular formula is C55H37N3O. The van der Waals surface area contributed by atoms with Gasteiger partial charge in [-0.1, -0.05) is 166 Å². The van der Waals surface area contributed by atoms with Crippen LogP contribution in [0.5, 0.6) is 0 Å². The van der Waals surface area contributed by atoms with Gasteiger partial charge in [-0.05, 0) is 95.5 Å². The van der Waals surface area contributed by atoms with E-state index in [9.17, 15) is 0 Å². The van der Waals surface area contributed by atoms with E-state index in [-0.39, 0.29) is 5.41 Å². The lowest BCUT2D eigenvalue weighted by Crippen LogP contribution is -2.17. The molecular weight excluding hydrogens is 719 g/mol. The molecule has 9 aromatic carbocycles. The summed E-state index contributed by atoms with van der Waals surface area (Å²) in [5, 5.41) is 9.78. The molecule has 11 aromatic rings. The molecule has 278 valence electrons. The SMILES string of the molecule is CC1(C)c2ccccc2-c2cccc(-c3nc(Cc4cccc5oc6ccc(-c7ccc8c9ccccc9c9ccccc9c8c7)cc6c45)nc(-c4ccccc4)n3)c21. The van der Waals surface area contributed by atoms with E-state index in [0.717, 1.165) is 44.2 Å². The molecule has 0 saturated carbocycles. The Bertz CT molecular complexity index is 3470. The van der Waals surface area contributed by atoms with Crippen LogP contribution in [0.3, 0.4) is 0 Å². The van der Waals surface area contributed by atoms with Crippen molar-refractivity contribution in [3.63, 3.8) is 0 Å². The van der Waals surface area contributed by atoms with Crippen LogP contribution < -0.4 is 0 Å². The summed E-state index contributed by atoms with van der Waals surface area (Å²) >= 11 is 0. The minimum absolute atomic E-state index is 0.215. The summed E-state index contributed by atoms with van der Waals surface area (Å²) in [5.74, 6) is 2.07. The first-order valence-electron chi connectivity index (χ1n) is 20.3. The summed E-state index contributed by atoms with van der Waals surface area (Å²) in [6, 6.07) is 62.8. The van der Waals surface area contributed by atoms with Gasteiger partial charge in [0, 0.05) is 33.7 Å². The van der Waals surface area contributed by atoms with Crippen molar-refractivity contribution in [3.8, 4) is 45.0 Å². The number of rotatable bonds is 5. The number of benzene rings is 9. The van der Waals surface area contributed by atoms with Crippen LogP contribution in [-0.2, 0) is 11.8 Å². The molecule has 0 aliphatic heterocycles. The first kappa shape index (κ1) is 33.7. The molecule has 0 bridgehead atoms. The molecule has 2 aromatic heterocycles. The van der Waals surface area contributed by atoms with E-state index in [0.29, 0.717) is 23.9 Å². The maximum Gasteiger partial charge on any atom is 0.164 e. The van der Waals surface area contributed by atoms with E-state index in [4.69, 9.17) is 19.4 Å². The first-order valence-corrected chi connectivity index (χ1v) is 20.3. The van der Waals surface area contributed by atoms with Crippen LogP contribution in [0.15, 0.2) is 180 Å². The summed E-state index contributed by atoms with van der Waals surface area (Å²) < 4.78 is 6.53. The topological polar surface area (TPSA) is 51.8 Å². The Hall–Kier alpha value is -7.43. The highest BCUT2D eigenvalue weighted by Gasteiger charge is 2.38. The highest BCUT2D eigenvalue weighted by molar-refractivity contribution is 6.25. The van der Waals surface area contributed by atoms with Crippen LogP contribution in [-0.4, -0.2) is 15.0 Å². The predicted molar refractivity (Wildman–Crippen MR) is 243 cm³/mol. The minimum atomic E-state index is -0.215. The van der Waals surface area contributed by atoms with Crippen molar-refractivity contribution in [3.05, 3.63) is 198 Å². The molecule has 4 nitrogen and oxygen atoms in total. The molecule has 2 heterocycles. The monoisotopic (exact) mass is 755 g/mol. The van der Waals surface area contributed by atoms with Gasteiger partial charge in [0.15, 0.2) is 11.6 Å². The van der Waals surface area contributed by atoms with Crippen LogP contribution in [0.2, 0.25) is 0 Å². The lowest BCUT2D eigenvalue weighted by Gasteiger charge is -2.24. The fourth-order valence-electron chi connectivity index (χ4n) is 9.85. The molecule has 0 unspecified atom stereocenters. The Morgan fingerprint density at radius 2 is 1.02 bits per heavy atom. The molecule has 0 saturated heterocycles. The smallest absolute Gasteiger partial charge is 0.164 e. The lowest BCUT2D eigenvalue weighted by atomic mass is 9.80. The third kappa shape index (κ3) is 5.19. The van der Waals surface area contributed by atoms with Crippen molar-refractivity contribution >= 4 is 54.3 Å². The molecule has 0 atom stereocenters. The second-order valence-electron chi connectivity index (χ2n) is 16.3. The van der Waals surface area contributed by atoms with Crippen LogP contribution in [0, 0.1) is 0 Å². The number of nitrogens with zero attached hydrogens (tertiary/aromatic N) is 3. The fourth-order valence-corrected chi connectivity index (χ4v) is 9.85. The van der Waals surface area contributed by atoms with Gasteiger partial charge in [0.05, 0.1) is 0 Å². The number of aromatic nitrogens is 3. The molecule has 59 heavy (non-hydrogen) atoms. The fraction of sp³-hybridized carbons (Fsp3) is 0.0727. The van der Waals surface area contributed by atoms with E-state index in [1.807, 2.05) is 18.2 Å². The molecule has 1 aliphatic carbocycles. The van der Waals surface area contributed by atoms with Gasteiger partial charge < -0.3 is 4.42 Å². The molecule has 1 aliphatic rings. The molecule has 4 heteroatoms. The van der Waals surface area contributed by atoms with Gasteiger partial charge in [0.25, 0.3) is 0 Å². The second kappa shape index (κ2) is 12.8. The van der Waals surface area contributed by atoms with Crippen molar-refractivity contribution in [2.24, 2.45) is 0 Å². The number of hydrogen-bond acceptors (Lipinski definition) is 4. The Balaban J connectivity index is 1.00. The maximum atomic E-state index is 6.53. The summed E-state index contributed by atoms with van der Waals surface area (Å²) in [6.45, 7) is 4.62. The van der Waals surface area contributed by atoms with Crippen LogP contribution in [0.25, 0.3) is 99.3 Å². The van der Waals surface area contributed by atoms with Crippen molar-refractivity contribution in [2.75, 3.05) is 0 Å². The number of hydrogen-bond donors (Lipinski definition) is 0. The average molecular weight is 756 g/mol. The Labute approximate surface area is 341 Å². The van der Waals surface area contributed by atoms with Gasteiger partial charge in [-0.15, -0.1) is 0 Å². The minimum Gasteiger partial charge on any atom is -0.456 e. The molecule has 0 amide bonds. The third-order valence-electron chi connectivity index (χ3n) is 12.5. The summed E-state index contributed by atoms with van der Waals surface area (Å²) in [5.41, 5.74) is 12.0. The first-order chi connectivity index (χ1) is 29.0. The zero-order valence-electron chi connectivity index (χ0n) is 32.7. The molecule has 12 rings (SSSR count). The van der Waals surface area contributed by atoms with Crippen molar-refractivity contribution in [1.82, 2.24) is 15.0 Å². The molecule has 0 radical (unpaired) electrons. The van der Waals surface area contributed by atoms with Crippen LogP contribution >= 0.6 is 0 Å². The van der Waals surface area contributed by atoms with Crippen molar-refractivity contribution in [2.45, 2.75) is 25.7 Å². The normalized spacial score (nSPS) is 13.1. The Kier molecular flexibility index (Phi) is 7.30. The summed E-state index contributed by atoms with van der Waals surface area (Å²) in [4.78, 5) is 15.6. The van der Waals surface area contributed by atoms with E-state index >= 15 is 0 Å². The second-order valence-corrected chi connectivity index (χ2v) is 16.3. The van der Waals surface area contributed by atoms with E-state index in [1.54, 1.807) is 0 Å².